The van der Waals surface area contributed by atoms with Gasteiger partial charge in [0.2, 0.25) is 0 Å². The Bertz CT molecular complexity index is 373. The van der Waals surface area contributed by atoms with Crippen molar-refractivity contribution >= 4 is 5.97 Å². The van der Waals surface area contributed by atoms with Crippen LogP contribution in [0.25, 0.3) is 0 Å². The van der Waals surface area contributed by atoms with Gasteiger partial charge in [-0.1, -0.05) is 30.3 Å². The number of rotatable bonds is 5. The molecule has 0 radical (unpaired) electrons. The van der Waals surface area contributed by atoms with E-state index in [0.717, 1.165) is 5.56 Å². The molecule has 2 rings (SSSR count). The van der Waals surface area contributed by atoms with E-state index < -0.39 is 0 Å². The molecule has 0 bridgehead atoms. The molecular formula is C14H19NO2. The molecule has 1 aliphatic carbocycles. The van der Waals surface area contributed by atoms with E-state index in [1.807, 2.05) is 44.3 Å². The quantitative estimate of drug-likeness (QED) is 0.731. The molecule has 1 saturated carbocycles. The number of ether oxygens (including phenoxy) is 1. The van der Waals surface area contributed by atoms with E-state index in [1.165, 1.54) is 12.8 Å². The van der Waals surface area contributed by atoms with Crippen LogP contribution in [0, 0.1) is 0 Å². The normalized spacial score (nSPS) is 16.9. The van der Waals surface area contributed by atoms with Crippen LogP contribution in [0.3, 0.4) is 0 Å². The first-order valence-corrected chi connectivity index (χ1v) is 6.17. The van der Waals surface area contributed by atoms with Crippen molar-refractivity contribution in [2.24, 2.45) is 0 Å². The predicted molar refractivity (Wildman–Crippen MR) is 66.6 cm³/mol. The Labute approximate surface area is 102 Å². The lowest BCUT2D eigenvalue weighted by atomic mass is 10.1. The first kappa shape index (κ1) is 12.1. The van der Waals surface area contributed by atoms with Crippen molar-refractivity contribution in [3.05, 3.63) is 35.9 Å². The van der Waals surface area contributed by atoms with Crippen LogP contribution in [0.4, 0.5) is 0 Å². The molecule has 1 aromatic rings. The highest BCUT2D eigenvalue weighted by atomic mass is 16.5. The molecule has 0 aliphatic heterocycles. The van der Waals surface area contributed by atoms with E-state index in [-0.39, 0.29) is 12.0 Å². The lowest BCUT2D eigenvalue weighted by molar-refractivity contribution is -0.149. The first-order chi connectivity index (χ1) is 8.24. The number of hydrogen-bond donors (Lipinski definition) is 0. The number of nitrogens with zero attached hydrogens (tertiary/aromatic N) is 1. The van der Waals surface area contributed by atoms with Crippen molar-refractivity contribution in [3.63, 3.8) is 0 Å². The van der Waals surface area contributed by atoms with E-state index in [0.29, 0.717) is 12.6 Å². The summed E-state index contributed by atoms with van der Waals surface area (Å²) in [5.41, 5.74) is 1.01. The zero-order valence-electron chi connectivity index (χ0n) is 10.4. The third-order valence-electron chi connectivity index (χ3n) is 3.16. The molecule has 0 saturated heterocycles. The maximum absolute atomic E-state index is 12.1. The van der Waals surface area contributed by atoms with Gasteiger partial charge in [-0.3, -0.25) is 4.90 Å². The number of benzene rings is 1. The Morgan fingerprint density at radius 2 is 2.06 bits per heavy atom. The molecule has 0 spiro atoms. The molecule has 0 amide bonds. The van der Waals surface area contributed by atoms with Crippen LogP contribution < -0.4 is 0 Å². The Kier molecular flexibility index (Phi) is 3.79. The van der Waals surface area contributed by atoms with Crippen LogP contribution in [0.1, 0.15) is 31.4 Å². The molecule has 1 atom stereocenters. The summed E-state index contributed by atoms with van der Waals surface area (Å²) < 4.78 is 5.18. The second kappa shape index (κ2) is 5.32. The Balaban J connectivity index is 2.20. The summed E-state index contributed by atoms with van der Waals surface area (Å²) in [6.07, 6.45) is 2.36. The number of carbonyl (C=O) groups is 1. The van der Waals surface area contributed by atoms with Crippen molar-refractivity contribution in [1.29, 1.82) is 0 Å². The first-order valence-electron chi connectivity index (χ1n) is 6.17. The van der Waals surface area contributed by atoms with Crippen molar-refractivity contribution in [2.75, 3.05) is 13.7 Å². The van der Waals surface area contributed by atoms with Crippen LogP contribution in [0.5, 0.6) is 0 Å². The van der Waals surface area contributed by atoms with Gasteiger partial charge >= 0.3 is 5.97 Å². The van der Waals surface area contributed by atoms with Crippen LogP contribution >= 0.6 is 0 Å². The number of carbonyl (C=O) groups excluding carboxylic acids is 1. The fraction of sp³-hybridized carbons (Fsp3) is 0.500. The maximum Gasteiger partial charge on any atom is 0.327 e. The summed E-state index contributed by atoms with van der Waals surface area (Å²) in [6, 6.07) is 10.1. The lowest BCUT2D eigenvalue weighted by Crippen LogP contribution is -2.33. The van der Waals surface area contributed by atoms with E-state index in [1.54, 1.807) is 0 Å². The van der Waals surface area contributed by atoms with Crippen molar-refractivity contribution < 1.29 is 9.53 Å². The fourth-order valence-corrected chi connectivity index (χ4v) is 2.09. The van der Waals surface area contributed by atoms with Gasteiger partial charge in [-0.25, -0.2) is 4.79 Å². The maximum atomic E-state index is 12.1. The molecule has 1 aromatic carbocycles. The molecule has 3 heteroatoms. The average molecular weight is 233 g/mol. The summed E-state index contributed by atoms with van der Waals surface area (Å²) in [5.74, 6) is -0.145. The highest BCUT2D eigenvalue weighted by molar-refractivity contribution is 5.77. The molecule has 0 aromatic heterocycles. The molecule has 1 unspecified atom stereocenters. The van der Waals surface area contributed by atoms with Crippen LogP contribution in [0.15, 0.2) is 30.3 Å². The van der Waals surface area contributed by atoms with E-state index in [4.69, 9.17) is 4.74 Å². The van der Waals surface area contributed by atoms with Crippen molar-refractivity contribution in [2.45, 2.75) is 31.8 Å². The monoisotopic (exact) mass is 233 g/mol. The SMILES string of the molecule is CCOC(=O)C(c1ccccc1)N(C)C1CC1. The standard InChI is InChI=1S/C14H19NO2/c1-3-17-14(16)13(15(2)12-9-10-12)11-7-5-4-6-8-11/h4-8,12-13H,3,9-10H2,1-2H3. The molecule has 1 fully saturated rings. The molecule has 17 heavy (non-hydrogen) atoms. The largest absolute Gasteiger partial charge is 0.465 e. The summed E-state index contributed by atoms with van der Waals surface area (Å²) >= 11 is 0. The van der Waals surface area contributed by atoms with Gasteiger partial charge in [0.05, 0.1) is 6.61 Å². The van der Waals surface area contributed by atoms with Gasteiger partial charge in [0.1, 0.15) is 6.04 Å². The smallest absolute Gasteiger partial charge is 0.327 e. The average Bonchev–Trinajstić information content (AvgIpc) is 3.15. The molecule has 1 aliphatic rings. The minimum Gasteiger partial charge on any atom is -0.465 e. The topological polar surface area (TPSA) is 29.5 Å². The summed E-state index contributed by atoms with van der Waals surface area (Å²) in [4.78, 5) is 14.2. The third kappa shape index (κ3) is 2.86. The van der Waals surface area contributed by atoms with Crippen molar-refractivity contribution in [1.82, 2.24) is 4.90 Å². The van der Waals surface area contributed by atoms with Gasteiger partial charge in [-0.15, -0.1) is 0 Å². The van der Waals surface area contributed by atoms with Gasteiger partial charge in [-0.2, -0.15) is 0 Å². The Morgan fingerprint density at radius 1 is 1.41 bits per heavy atom. The van der Waals surface area contributed by atoms with Gasteiger partial charge in [0, 0.05) is 6.04 Å². The highest BCUT2D eigenvalue weighted by Crippen LogP contribution is 2.33. The summed E-state index contributed by atoms with van der Waals surface area (Å²) in [6.45, 7) is 2.28. The molecule has 0 heterocycles. The van der Waals surface area contributed by atoms with Gasteiger partial charge < -0.3 is 4.74 Å². The minimum absolute atomic E-state index is 0.145. The molecule has 0 N–H and O–H groups in total. The zero-order valence-corrected chi connectivity index (χ0v) is 10.4. The Hall–Kier alpha value is -1.35. The van der Waals surface area contributed by atoms with Gasteiger partial charge in [0.25, 0.3) is 0 Å². The zero-order chi connectivity index (χ0) is 12.3. The minimum atomic E-state index is -0.261. The van der Waals surface area contributed by atoms with E-state index >= 15 is 0 Å². The van der Waals surface area contributed by atoms with E-state index in [9.17, 15) is 4.79 Å². The fourth-order valence-electron chi connectivity index (χ4n) is 2.09. The van der Waals surface area contributed by atoms with Crippen molar-refractivity contribution in [3.8, 4) is 0 Å². The number of esters is 1. The highest BCUT2D eigenvalue weighted by Gasteiger charge is 2.36. The van der Waals surface area contributed by atoms with Crippen LogP contribution in [-0.4, -0.2) is 30.6 Å². The lowest BCUT2D eigenvalue weighted by Gasteiger charge is -2.26. The third-order valence-corrected chi connectivity index (χ3v) is 3.16. The molecule has 3 nitrogen and oxygen atoms in total. The molecular weight excluding hydrogens is 214 g/mol. The Morgan fingerprint density at radius 3 is 2.59 bits per heavy atom. The second-order valence-corrected chi connectivity index (χ2v) is 4.46. The summed E-state index contributed by atoms with van der Waals surface area (Å²) in [7, 11) is 2.01. The molecule has 92 valence electrons. The van der Waals surface area contributed by atoms with Crippen LogP contribution in [-0.2, 0) is 9.53 Å². The number of hydrogen-bond acceptors (Lipinski definition) is 3. The van der Waals surface area contributed by atoms with Gasteiger partial charge in [0.15, 0.2) is 0 Å². The predicted octanol–water partition coefficient (Wildman–Crippen LogP) is 2.39. The second-order valence-electron chi connectivity index (χ2n) is 4.46. The van der Waals surface area contributed by atoms with Crippen LogP contribution in [0.2, 0.25) is 0 Å². The van der Waals surface area contributed by atoms with E-state index in [2.05, 4.69) is 4.90 Å². The summed E-state index contributed by atoms with van der Waals surface area (Å²) in [5, 5.41) is 0. The number of likely N-dealkylation sites (N-methyl/N-ethyl adjacent to an activating group) is 1. The van der Waals surface area contributed by atoms with Gasteiger partial charge in [-0.05, 0) is 32.4 Å².